The summed E-state index contributed by atoms with van der Waals surface area (Å²) in [6.07, 6.45) is 0. The van der Waals surface area contributed by atoms with E-state index >= 15 is 0 Å². The van der Waals surface area contributed by atoms with Gasteiger partial charge < -0.3 is 15.1 Å². The van der Waals surface area contributed by atoms with Crippen molar-refractivity contribution in [1.29, 1.82) is 0 Å². The molecule has 0 rings (SSSR count). The molecule has 1 N–H and O–H groups in total. The van der Waals surface area contributed by atoms with Gasteiger partial charge in [-0.1, -0.05) is 13.8 Å². The van der Waals surface area contributed by atoms with Crippen molar-refractivity contribution in [3.8, 4) is 0 Å². The number of carbonyl (C=O) groups is 2. The van der Waals surface area contributed by atoms with E-state index in [2.05, 4.69) is 5.32 Å². The predicted molar refractivity (Wildman–Crippen MR) is 59.5 cm³/mol. The van der Waals surface area contributed by atoms with Crippen LogP contribution in [0.15, 0.2) is 0 Å². The van der Waals surface area contributed by atoms with Crippen molar-refractivity contribution in [2.24, 2.45) is 0 Å². The molecule has 0 spiro atoms. The van der Waals surface area contributed by atoms with Crippen molar-refractivity contribution in [1.82, 2.24) is 15.1 Å². The maximum atomic E-state index is 11.5. The van der Waals surface area contributed by atoms with Crippen LogP contribution in [0, 0.1) is 0 Å². The van der Waals surface area contributed by atoms with E-state index < -0.39 is 0 Å². The fourth-order valence-corrected chi connectivity index (χ4v) is 0.859. The van der Waals surface area contributed by atoms with E-state index in [-0.39, 0.29) is 30.9 Å². The lowest BCUT2D eigenvalue weighted by molar-refractivity contribution is -0.137. The van der Waals surface area contributed by atoms with Crippen LogP contribution in [0.2, 0.25) is 0 Å². The molecule has 0 atom stereocenters. The highest BCUT2D eigenvalue weighted by Gasteiger charge is 2.13. The van der Waals surface area contributed by atoms with Crippen LogP contribution in [0.3, 0.4) is 0 Å². The molecule has 0 aliphatic heterocycles. The van der Waals surface area contributed by atoms with Gasteiger partial charge in [-0.15, -0.1) is 0 Å². The largest absolute Gasteiger partial charge is 0.347 e. The fraction of sp³-hybridized carbons (Fsp3) is 0.800. The second-order valence-corrected chi connectivity index (χ2v) is 4.07. The Labute approximate surface area is 91.4 Å². The Kier molecular flexibility index (Phi) is 5.93. The highest BCUT2D eigenvalue weighted by molar-refractivity contribution is 5.85. The molecule has 0 aliphatic carbocycles. The Bertz CT molecular complexity index is 227. The SMILES string of the molecule is CC(C)NCC(=O)N(C)CC(=O)N(C)C. The van der Waals surface area contributed by atoms with Gasteiger partial charge in [0.05, 0.1) is 13.1 Å². The van der Waals surface area contributed by atoms with Crippen molar-refractivity contribution in [2.45, 2.75) is 19.9 Å². The van der Waals surface area contributed by atoms with Crippen molar-refractivity contribution in [3.63, 3.8) is 0 Å². The zero-order valence-corrected chi connectivity index (χ0v) is 10.2. The van der Waals surface area contributed by atoms with E-state index in [4.69, 9.17) is 0 Å². The monoisotopic (exact) mass is 215 g/mol. The molecule has 0 saturated carbocycles. The van der Waals surface area contributed by atoms with E-state index in [1.165, 1.54) is 9.80 Å². The van der Waals surface area contributed by atoms with Gasteiger partial charge in [0.1, 0.15) is 0 Å². The first kappa shape index (κ1) is 13.9. The molecule has 88 valence electrons. The molecule has 0 aromatic heterocycles. The van der Waals surface area contributed by atoms with Crippen LogP contribution < -0.4 is 5.32 Å². The van der Waals surface area contributed by atoms with Crippen LogP contribution in [0.25, 0.3) is 0 Å². The Balaban J connectivity index is 3.94. The van der Waals surface area contributed by atoms with Gasteiger partial charge in [-0.2, -0.15) is 0 Å². The van der Waals surface area contributed by atoms with Crippen molar-refractivity contribution in [2.75, 3.05) is 34.2 Å². The molecule has 0 aliphatic rings. The number of rotatable bonds is 5. The number of hydrogen-bond acceptors (Lipinski definition) is 3. The van der Waals surface area contributed by atoms with E-state index in [0.717, 1.165) is 0 Å². The minimum atomic E-state index is -0.0737. The van der Waals surface area contributed by atoms with Gasteiger partial charge in [0.2, 0.25) is 11.8 Å². The summed E-state index contributed by atoms with van der Waals surface area (Å²) in [6, 6.07) is 0.270. The second kappa shape index (κ2) is 6.40. The molecular formula is C10H21N3O2. The van der Waals surface area contributed by atoms with Gasteiger partial charge in [-0.3, -0.25) is 9.59 Å². The van der Waals surface area contributed by atoms with Crippen molar-refractivity contribution < 1.29 is 9.59 Å². The average molecular weight is 215 g/mol. The second-order valence-electron chi connectivity index (χ2n) is 4.07. The number of amides is 2. The number of nitrogens with one attached hydrogen (secondary N) is 1. The van der Waals surface area contributed by atoms with E-state index in [9.17, 15) is 9.59 Å². The molecule has 0 heterocycles. The Morgan fingerprint density at radius 3 is 2.07 bits per heavy atom. The first-order chi connectivity index (χ1) is 6.84. The zero-order chi connectivity index (χ0) is 12.0. The smallest absolute Gasteiger partial charge is 0.241 e. The van der Waals surface area contributed by atoms with Gasteiger partial charge in [0.15, 0.2) is 0 Å². The summed E-state index contributed by atoms with van der Waals surface area (Å²) in [5.74, 6) is -0.144. The van der Waals surface area contributed by atoms with Gasteiger partial charge in [0, 0.05) is 27.2 Å². The average Bonchev–Trinajstić information content (AvgIpc) is 2.13. The molecule has 0 bridgehead atoms. The third-order valence-corrected chi connectivity index (χ3v) is 1.96. The molecule has 2 amide bonds. The molecule has 0 aromatic carbocycles. The van der Waals surface area contributed by atoms with Crippen LogP contribution in [0.5, 0.6) is 0 Å². The zero-order valence-electron chi connectivity index (χ0n) is 10.2. The number of likely N-dealkylation sites (N-methyl/N-ethyl adjacent to an activating group) is 2. The van der Waals surface area contributed by atoms with Crippen LogP contribution in [0.1, 0.15) is 13.8 Å². The summed E-state index contributed by atoms with van der Waals surface area (Å²) in [6.45, 7) is 4.34. The van der Waals surface area contributed by atoms with E-state index in [0.29, 0.717) is 0 Å². The lowest BCUT2D eigenvalue weighted by atomic mass is 10.4. The minimum Gasteiger partial charge on any atom is -0.347 e. The van der Waals surface area contributed by atoms with E-state index in [1.807, 2.05) is 13.8 Å². The first-order valence-electron chi connectivity index (χ1n) is 5.02. The topological polar surface area (TPSA) is 52.7 Å². The van der Waals surface area contributed by atoms with Crippen molar-refractivity contribution >= 4 is 11.8 Å². The summed E-state index contributed by atoms with van der Waals surface area (Å²) < 4.78 is 0. The lowest BCUT2D eigenvalue weighted by Crippen LogP contribution is -2.42. The molecule has 0 saturated heterocycles. The van der Waals surface area contributed by atoms with Gasteiger partial charge in [0.25, 0.3) is 0 Å². The third kappa shape index (κ3) is 6.06. The Hall–Kier alpha value is -1.10. The number of hydrogen-bond donors (Lipinski definition) is 1. The van der Waals surface area contributed by atoms with Crippen LogP contribution in [-0.2, 0) is 9.59 Å². The maximum absolute atomic E-state index is 11.5. The summed E-state index contributed by atoms with van der Waals surface area (Å²) in [4.78, 5) is 25.7. The number of carbonyl (C=O) groups excluding carboxylic acids is 2. The van der Waals surface area contributed by atoms with Crippen LogP contribution in [-0.4, -0.2) is 61.9 Å². The molecule has 0 unspecified atom stereocenters. The summed E-state index contributed by atoms with van der Waals surface area (Å²) in [5.41, 5.74) is 0. The molecular weight excluding hydrogens is 194 g/mol. The quantitative estimate of drug-likeness (QED) is 0.674. The van der Waals surface area contributed by atoms with Crippen molar-refractivity contribution in [3.05, 3.63) is 0 Å². The maximum Gasteiger partial charge on any atom is 0.241 e. The summed E-state index contributed by atoms with van der Waals surface area (Å²) in [5, 5.41) is 3.01. The third-order valence-electron chi connectivity index (χ3n) is 1.96. The normalized spacial score (nSPS) is 10.3. The highest BCUT2D eigenvalue weighted by atomic mass is 16.2. The first-order valence-corrected chi connectivity index (χ1v) is 5.02. The molecule has 15 heavy (non-hydrogen) atoms. The van der Waals surface area contributed by atoms with Crippen LogP contribution >= 0.6 is 0 Å². The highest BCUT2D eigenvalue weighted by Crippen LogP contribution is 1.88. The molecule has 5 heteroatoms. The van der Waals surface area contributed by atoms with Crippen LogP contribution in [0.4, 0.5) is 0 Å². The predicted octanol–water partition coefficient (Wildman–Crippen LogP) is -0.469. The molecule has 5 nitrogen and oxygen atoms in total. The lowest BCUT2D eigenvalue weighted by Gasteiger charge is -2.20. The standard InChI is InChI=1S/C10H21N3O2/c1-8(2)11-6-9(14)13(5)7-10(15)12(3)4/h8,11H,6-7H2,1-5H3. The van der Waals surface area contributed by atoms with Gasteiger partial charge >= 0.3 is 0 Å². The number of nitrogens with zero attached hydrogens (tertiary/aromatic N) is 2. The van der Waals surface area contributed by atoms with Gasteiger partial charge in [-0.25, -0.2) is 0 Å². The Morgan fingerprint density at radius 1 is 1.13 bits per heavy atom. The fourth-order valence-electron chi connectivity index (χ4n) is 0.859. The minimum absolute atomic E-state index is 0.0705. The molecule has 0 fully saturated rings. The van der Waals surface area contributed by atoms with Gasteiger partial charge in [-0.05, 0) is 0 Å². The summed E-state index contributed by atoms with van der Waals surface area (Å²) in [7, 11) is 4.98. The Morgan fingerprint density at radius 2 is 1.67 bits per heavy atom. The summed E-state index contributed by atoms with van der Waals surface area (Å²) >= 11 is 0. The molecule has 0 radical (unpaired) electrons. The van der Waals surface area contributed by atoms with E-state index in [1.54, 1.807) is 21.1 Å². The molecule has 0 aromatic rings.